The zero-order valence-corrected chi connectivity index (χ0v) is 10.2. The number of ether oxygens (including phenoxy) is 1. The summed E-state index contributed by atoms with van der Waals surface area (Å²) >= 11 is 0. The van der Waals surface area contributed by atoms with E-state index in [1.165, 1.54) is 13.4 Å². The van der Waals surface area contributed by atoms with E-state index in [1.54, 1.807) is 16.5 Å². The minimum atomic E-state index is -0.540. The van der Waals surface area contributed by atoms with Gasteiger partial charge < -0.3 is 19.8 Å². The van der Waals surface area contributed by atoms with Crippen LogP contribution in [0.3, 0.4) is 0 Å². The van der Waals surface area contributed by atoms with E-state index < -0.39 is 11.0 Å². The normalized spacial score (nSPS) is 19.0. The molecule has 0 saturated carbocycles. The van der Waals surface area contributed by atoms with Crippen LogP contribution in [0.15, 0.2) is 6.33 Å². The molecule has 0 aromatic carbocycles. The molecule has 0 aliphatic carbocycles. The monoisotopic (exact) mass is 254 g/mol. The lowest BCUT2D eigenvalue weighted by atomic mass is 10.2. The van der Waals surface area contributed by atoms with Gasteiger partial charge >= 0.3 is 11.8 Å². The molecule has 8 heteroatoms. The number of aromatic nitrogens is 2. The molecule has 0 amide bonds. The van der Waals surface area contributed by atoms with Gasteiger partial charge in [-0.05, 0) is 22.7 Å². The van der Waals surface area contributed by atoms with Crippen molar-refractivity contribution in [1.82, 2.24) is 9.55 Å². The van der Waals surface area contributed by atoms with Gasteiger partial charge in [0.2, 0.25) is 12.1 Å². The number of hydrogen-bond acceptors (Lipinski definition) is 6. The van der Waals surface area contributed by atoms with Crippen LogP contribution >= 0.6 is 0 Å². The van der Waals surface area contributed by atoms with Gasteiger partial charge in [-0.25, -0.2) is 4.79 Å². The van der Waals surface area contributed by atoms with E-state index in [4.69, 9.17) is 4.74 Å². The quantitative estimate of drug-likeness (QED) is 0.442. The summed E-state index contributed by atoms with van der Waals surface area (Å²) in [6.07, 6.45) is 2.80. The first-order chi connectivity index (χ1) is 8.56. The first-order valence-corrected chi connectivity index (χ1v) is 5.56. The summed E-state index contributed by atoms with van der Waals surface area (Å²) in [6.45, 7) is 0.583. The van der Waals surface area contributed by atoms with E-state index in [2.05, 4.69) is 4.98 Å². The van der Waals surface area contributed by atoms with E-state index in [0.29, 0.717) is 18.8 Å². The van der Waals surface area contributed by atoms with Crippen LogP contribution in [0.25, 0.3) is 0 Å². The van der Waals surface area contributed by atoms with Gasteiger partial charge in [0, 0.05) is 13.6 Å². The van der Waals surface area contributed by atoms with Gasteiger partial charge in [-0.3, -0.25) is 4.57 Å². The van der Waals surface area contributed by atoms with Gasteiger partial charge in [0.15, 0.2) is 0 Å². The minimum absolute atomic E-state index is 0.228. The van der Waals surface area contributed by atoms with Crippen LogP contribution in [0.5, 0.6) is 0 Å². The number of nitro groups is 1. The third-order valence-corrected chi connectivity index (χ3v) is 3.06. The average molecular weight is 254 g/mol. The average Bonchev–Trinajstić information content (AvgIpc) is 2.93. The molecule has 1 unspecified atom stereocenters. The van der Waals surface area contributed by atoms with Gasteiger partial charge in [-0.2, -0.15) is 0 Å². The van der Waals surface area contributed by atoms with E-state index in [1.807, 2.05) is 0 Å². The number of methoxy groups -OCH3 is 1. The molecule has 0 bridgehead atoms. The predicted octanol–water partition coefficient (Wildman–Crippen LogP) is 0.470. The van der Waals surface area contributed by atoms with Crippen molar-refractivity contribution in [3.8, 4) is 0 Å². The number of imidazole rings is 1. The Bertz CT molecular complexity index is 484. The van der Waals surface area contributed by atoms with Crippen LogP contribution in [0.2, 0.25) is 0 Å². The Morgan fingerprint density at radius 2 is 2.39 bits per heavy atom. The zero-order valence-electron chi connectivity index (χ0n) is 10.2. The van der Waals surface area contributed by atoms with Crippen molar-refractivity contribution in [2.45, 2.75) is 18.9 Å². The van der Waals surface area contributed by atoms with Gasteiger partial charge in [0.05, 0.1) is 7.11 Å². The summed E-state index contributed by atoms with van der Waals surface area (Å²) in [5.41, 5.74) is 0. The van der Waals surface area contributed by atoms with Crippen LogP contribution < -0.4 is 4.90 Å². The van der Waals surface area contributed by atoms with Gasteiger partial charge in [-0.15, -0.1) is 0 Å². The second-order valence-electron chi connectivity index (χ2n) is 4.13. The van der Waals surface area contributed by atoms with E-state index in [0.717, 1.165) is 6.42 Å². The van der Waals surface area contributed by atoms with Gasteiger partial charge in [-0.1, -0.05) is 0 Å². The largest absolute Gasteiger partial charge is 0.467 e. The minimum Gasteiger partial charge on any atom is -0.467 e. The summed E-state index contributed by atoms with van der Waals surface area (Å²) in [6, 6.07) is -0.468. The Labute approximate surface area is 103 Å². The van der Waals surface area contributed by atoms with E-state index >= 15 is 0 Å². The Hall–Kier alpha value is -2.12. The van der Waals surface area contributed by atoms with E-state index in [-0.39, 0.29) is 11.8 Å². The summed E-state index contributed by atoms with van der Waals surface area (Å²) in [5.74, 6) is -0.246. The number of hydrogen-bond donors (Lipinski definition) is 0. The van der Waals surface area contributed by atoms with Crippen LogP contribution in [0.4, 0.5) is 11.6 Å². The molecule has 1 fully saturated rings. The maximum Gasteiger partial charge on any atom is 0.406 e. The maximum atomic E-state index is 11.6. The second-order valence-corrected chi connectivity index (χ2v) is 4.13. The molecule has 98 valence electrons. The molecule has 1 aliphatic heterocycles. The summed E-state index contributed by atoms with van der Waals surface area (Å²) in [5, 5.41) is 10.9. The second kappa shape index (κ2) is 4.63. The number of rotatable bonds is 3. The SMILES string of the molecule is COC(=O)C1CCCN1c1c([N+](=O)[O-])ncn1C. The third-order valence-electron chi connectivity index (χ3n) is 3.06. The topological polar surface area (TPSA) is 90.5 Å². The highest BCUT2D eigenvalue weighted by molar-refractivity contribution is 5.81. The molecule has 1 aromatic heterocycles. The number of anilines is 1. The Kier molecular flexibility index (Phi) is 3.17. The van der Waals surface area contributed by atoms with Crippen LogP contribution in [-0.4, -0.2) is 40.1 Å². The fraction of sp³-hybridized carbons (Fsp3) is 0.600. The maximum absolute atomic E-state index is 11.6. The first-order valence-electron chi connectivity index (χ1n) is 5.56. The molecule has 18 heavy (non-hydrogen) atoms. The molecule has 1 aromatic rings. The van der Waals surface area contributed by atoms with Crippen LogP contribution in [-0.2, 0) is 16.6 Å². The van der Waals surface area contributed by atoms with Gasteiger partial charge in [0.1, 0.15) is 6.04 Å². The number of carbonyl (C=O) groups excluding carboxylic acids is 1. The smallest absolute Gasteiger partial charge is 0.406 e. The predicted molar refractivity (Wildman–Crippen MR) is 62.2 cm³/mol. The van der Waals surface area contributed by atoms with Crippen molar-refractivity contribution in [1.29, 1.82) is 0 Å². The van der Waals surface area contributed by atoms with Crippen molar-refractivity contribution < 1.29 is 14.5 Å². The molecular formula is C10H14N4O4. The van der Waals surface area contributed by atoms with Crippen LogP contribution in [0.1, 0.15) is 12.8 Å². The molecule has 8 nitrogen and oxygen atoms in total. The number of esters is 1. The van der Waals surface area contributed by atoms with Crippen molar-refractivity contribution >= 4 is 17.6 Å². The zero-order chi connectivity index (χ0) is 13.3. The number of aryl methyl sites for hydroxylation is 1. The molecule has 2 heterocycles. The summed E-state index contributed by atoms with van der Waals surface area (Å²) in [7, 11) is 2.98. The Morgan fingerprint density at radius 3 is 3.00 bits per heavy atom. The van der Waals surface area contributed by atoms with Crippen molar-refractivity contribution in [2.24, 2.45) is 7.05 Å². The standard InChI is InChI=1S/C10H14N4O4/c1-12-6-11-8(14(16)17)9(12)13-5-3-4-7(13)10(15)18-2/h6-7H,3-5H2,1-2H3. The molecule has 1 aliphatic rings. The highest BCUT2D eigenvalue weighted by Gasteiger charge is 2.37. The highest BCUT2D eigenvalue weighted by Crippen LogP contribution is 2.32. The molecule has 1 atom stereocenters. The van der Waals surface area contributed by atoms with Crippen molar-refractivity contribution in [2.75, 3.05) is 18.6 Å². The Balaban J connectivity index is 2.38. The Morgan fingerprint density at radius 1 is 1.67 bits per heavy atom. The lowest BCUT2D eigenvalue weighted by Gasteiger charge is -2.23. The number of carbonyl (C=O) groups is 1. The van der Waals surface area contributed by atoms with E-state index in [9.17, 15) is 14.9 Å². The number of nitrogens with zero attached hydrogens (tertiary/aromatic N) is 4. The molecule has 0 N–H and O–H groups in total. The fourth-order valence-corrected chi connectivity index (χ4v) is 2.27. The van der Waals surface area contributed by atoms with Crippen molar-refractivity contribution in [3.63, 3.8) is 0 Å². The molecule has 1 saturated heterocycles. The van der Waals surface area contributed by atoms with Gasteiger partial charge in [0.25, 0.3) is 0 Å². The third kappa shape index (κ3) is 1.89. The highest BCUT2D eigenvalue weighted by atomic mass is 16.6. The summed E-state index contributed by atoms with van der Waals surface area (Å²) < 4.78 is 6.28. The summed E-state index contributed by atoms with van der Waals surface area (Å²) in [4.78, 5) is 27.5. The molecule has 0 radical (unpaired) electrons. The molecule has 0 spiro atoms. The fourth-order valence-electron chi connectivity index (χ4n) is 2.27. The van der Waals surface area contributed by atoms with Crippen molar-refractivity contribution in [3.05, 3.63) is 16.4 Å². The molecule has 2 rings (SSSR count). The molecular weight excluding hydrogens is 240 g/mol. The lowest BCUT2D eigenvalue weighted by Crippen LogP contribution is -2.38. The first kappa shape index (κ1) is 12.3. The van der Waals surface area contributed by atoms with Crippen LogP contribution in [0, 0.1) is 10.1 Å². The lowest BCUT2D eigenvalue weighted by molar-refractivity contribution is -0.388.